The predicted molar refractivity (Wildman–Crippen MR) is 109 cm³/mol. The lowest BCUT2D eigenvalue weighted by atomic mass is 10.2. The highest BCUT2D eigenvalue weighted by molar-refractivity contribution is 7.99. The minimum absolute atomic E-state index is 0.156. The van der Waals surface area contributed by atoms with Crippen LogP contribution in [0, 0.1) is 0 Å². The summed E-state index contributed by atoms with van der Waals surface area (Å²) in [5.74, 6) is 0.440. The van der Waals surface area contributed by atoms with E-state index in [1.807, 2.05) is 12.1 Å². The van der Waals surface area contributed by atoms with Crippen LogP contribution in [0.4, 0.5) is 5.69 Å². The topological polar surface area (TPSA) is 99.0 Å². The molecule has 1 aliphatic carbocycles. The molecule has 29 heavy (non-hydrogen) atoms. The Bertz CT molecular complexity index is 1020. The fourth-order valence-electron chi connectivity index (χ4n) is 2.87. The quantitative estimate of drug-likeness (QED) is 0.472. The second-order valence-corrected chi connectivity index (χ2v) is 7.49. The zero-order chi connectivity index (χ0) is 20.2. The van der Waals surface area contributed by atoms with Crippen LogP contribution >= 0.6 is 11.8 Å². The first kappa shape index (κ1) is 19.1. The van der Waals surface area contributed by atoms with Crippen molar-refractivity contribution in [3.63, 3.8) is 0 Å². The SMILES string of the molecule is COC(=O)c1ccc(NC(=O)CSc2nnc(-c3ccncc3)n2C2CC2)cc1. The molecule has 1 aromatic carbocycles. The summed E-state index contributed by atoms with van der Waals surface area (Å²) in [5.41, 5.74) is 2.01. The van der Waals surface area contributed by atoms with Crippen LogP contribution < -0.4 is 5.32 Å². The number of rotatable bonds is 7. The third-order valence-electron chi connectivity index (χ3n) is 4.44. The van der Waals surface area contributed by atoms with E-state index in [0.717, 1.165) is 29.4 Å². The van der Waals surface area contributed by atoms with Gasteiger partial charge in [0.2, 0.25) is 5.91 Å². The van der Waals surface area contributed by atoms with E-state index in [9.17, 15) is 9.59 Å². The lowest BCUT2D eigenvalue weighted by molar-refractivity contribution is -0.113. The number of methoxy groups -OCH3 is 1. The average molecular weight is 409 g/mol. The Hall–Kier alpha value is -3.20. The largest absolute Gasteiger partial charge is 0.465 e. The lowest BCUT2D eigenvalue weighted by Gasteiger charge is -2.09. The summed E-state index contributed by atoms with van der Waals surface area (Å²) in [6.07, 6.45) is 5.63. The molecule has 0 spiro atoms. The summed E-state index contributed by atoms with van der Waals surface area (Å²) >= 11 is 1.36. The van der Waals surface area contributed by atoms with Crippen molar-refractivity contribution in [3.8, 4) is 11.4 Å². The smallest absolute Gasteiger partial charge is 0.337 e. The molecule has 1 aliphatic rings. The summed E-state index contributed by atoms with van der Waals surface area (Å²) in [6.45, 7) is 0. The summed E-state index contributed by atoms with van der Waals surface area (Å²) < 4.78 is 6.78. The summed E-state index contributed by atoms with van der Waals surface area (Å²) in [6, 6.07) is 10.7. The standard InChI is InChI=1S/C20H19N5O3S/c1-28-19(27)14-2-4-15(5-3-14)22-17(26)12-29-20-24-23-18(25(20)16-6-7-16)13-8-10-21-11-9-13/h2-5,8-11,16H,6-7,12H2,1H3,(H,22,26). The first-order valence-corrected chi connectivity index (χ1v) is 10.1. The van der Waals surface area contributed by atoms with Gasteiger partial charge in [-0.1, -0.05) is 11.8 Å². The Morgan fingerprint density at radius 1 is 1.14 bits per heavy atom. The van der Waals surface area contributed by atoms with Crippen molar-refractivity contribution < 1.29 is 14.3 Å². The van der Waals surface area contributed by atoms with Crippen molar-refractivity contribution in [2.24, 2.45) is 0 Å². The molecule has 148 valence electrons. The lowest BCUT2D eigenvalue weighted by Crippen LogP contribution is -2.14. The monoisotopic (exact) mass is 409 g/mol. The van der Waals surface area contributed by atoms with Crippen LogP contribution in [-0.4, -0.2) is 44.5 Å². The van der Waals surface area contributed by atoms with Crippen molar-refractivity contribution in [2.75, 3.05) is 18.2 Å². The molecule has 0 saturated heterocycles. The van der Waals surface area contributed by atoms with Gasteiger partial charge in [-0.25, -0.2) is 4.79 Å². The van der Waals surface area contributed by atoms with E-state index < -0.39 is 5.97 Å². The van der Waals surface area contributed by atoms with Crippen LogP contribution in [0.5, 0.6) is 0 Å². The number of nitrogens with one attached hydrogen (secondary N) is 1. The number of carbonyl (C=O) groups is 2. The molecule has 0 aliphatic heterocycles. The second-order valence-electron chi connectivity index (χ2n) is 6.55. The molecule has 0 radical (unpaired) electrons. The van der Waals surface area contributed by atoms with Gasteiger partial charge >= 0.3 is 5.97 Å². The highest BCUT2D eigenvalue weighted by Gasteiger charge is 2.30. The van der Waals surface area contributed by atoms with Crippen LogP contribution in [0.15, 0.2) is 53.9 Å². The number of benzene rings is 1. The molecule has 9 heteroatoms. The Morgan fingerprint density at radius 3 is 2.52 bits per heavy atom. The molecule has 2 aromatic heterocycles. The first-order chi connectivity index (χ1) is 14.2. The molecule has 3 aromatic rings. The second kappa shape index (κ2) is 8.44. The minimum atomic E-state index is -0.414. The Kier molecular flexibility index (Phi) is 5.57. The van der Waals surface area contributed by atoms with Gasteiger partial charge in [-0.2, -0.15) is 0 Å². The first-order valence-electron chi connectivity index (χ1n) is 9.12. The third-order valence-corrected chi connectivity index (χ3v) is 5.38. The van der Waals surface area contributed by atoms with Gasteiger partial charge in [0.25, 0.3) is 0 Å². The summed E-state index contributed by atoms with van der Waals surface area (Å²) in [7, 11) is 1.33. The number of hydrogen-bond donors (Lipinski definition) is 1. The van der Waals surface area contributed by atoms with Crippen molar-refractivity contribution in [2.45, 2.75) is 24.0 Å². The predicted octanol–water partition coefficient (Wildman–Crippen LogP) is 3.19. The minimum Gasteiger partial charge on any atom is -0.465 e. The van der Waals surface area contributed by atoms with E-state index in [4.69, 9.17) is 0 Å². The van der Waals surface area contributed by atoms with Gasteiger partial charge in [-0.15, -0.1) is 10.2 Å². The van der Waals surface area contributed by atoms with E-state index in [0.29, 0.717) is 17.3 Å². The van der Waals surface area contributed by atoms with Gasteiger partial charge < -0.3 is 10.1 Å². The number of anilines is 1. The Morgan fingerprint density at radius 2 is 1.86 bits per heavy atom. The van der Waals surface area contributed by atoms with E-state index in [1.165, 1.54) is 18.9 Å². The normalized spacial score (nSPS) is 13.1. The van der Waals surface area contributed by atoms with E-state index in [2.05, 4.69) is 29.8 Å². The average Bonchev–Trinajstić information content (AvgIpc) is 3.51. The number of thioether (sulfide) groups is 1. The maximum absolute atomic E-state index is 12.3. The van der Waals surface area contributed by atoms with Gasteiger partial charge in [0.05, 0.1) is 18.4 Å². The molecule has 1 amide bonds. The number of aromatic nitrogens is 4. The Balaban J connectivity index is 1.41. The molecule has 2 heterocycles. The zero-order valence-electron chi connectivity index (χ0n) is 15.7. The van der Waals surface area contributed by atoms with Crippen molar-refractivity contribution >= 4 is 29.3 Å². The number of amides is 1. The number of pyridine rings is 1. The van der Waals surface area contributed by atoms with Gasteiger partial charge in [-0.3, -0.25) is 14.3 Å². The van der Waals surface area contributed by atoms with E-state index in [-0.39, 0.29) is 11.7 Å². The number of esters is 1. The summed E-state index contributed by atoms with van der Waals surface area (Å²) in [5, 5.41) is 12.2. The zero-order valence-corrected chi connectivity index (χ0v) is 16.6. The number of carbonyl (C=O) groups excluding carboxylic acids is 2. The van der Waals surface area contributed by atoms with Gasteiger partial charge in [-0.05, 0) is 49.2 Å². The molecule has 0 bridgehead atoms. The number of ether oxygens (including phenoxy) is 1. The highest BCUT2D eigenvalue weighted by atomic mass is 32.2. The van der Waals surface area contributed by atoms with Crippen molar-refractivity contribution in [3.05, 3.63) is 54.4 Å². The van der Waals surface area contributed by atoms with E-state index >= 15 is 0 Å². The Labute approximate surface area is 171 Å². The van der Waals surface area contributed by atoms with Crippen molar-refractivity contribution in [1.82, 2.24) is 19.7 Å². The molecule has 1 saturated carbocycles. The van der Waals surface area contributed by atoms with Gasteiger partial charge in [0, 0.05) is 29.7 Å². The van der Waals surface area contributed by atoms with Crippen molar-refractivity contribution in [1.29, 1.82) is 0 Å². The number of nitrogens with zero attached hydrogens (tertiary/aromatic N) is 4. The molecular weight excluding hydrogens is 390 g/mol. The maximum Gasteiger partial charge on any atom is 0.337 e. The molecule has 1 fully saturated rings. The highest BCUT2D eigenvalue weighted by Crippen LogP contribution is 2.40. The molecule has 4 rings (SSSR count). The molecule has 0 unspecified atom stereocenters. The fourth-order valence-corrected chi connectivity index (χ4v) is 3.68. The van der Waals surface area contributed by atoms with E-state index in [1.54, 1.807) is 36.7 Å². The van der Waals surface area contributed by atoms with Crippen LogP contribution in [0.1, 0.15) is 29.2 Å². The molecule has 8 nitrogen and oxygen atoms in total. The van der Waals surface area contributed by atoms with Gasteiger partial charge in [0.15, 0.2) is 11.0 Å². The number of hydrogen-bond acceptors (Lipinski definition) is 7. The van der Waals surface area contributed by atoms with Crippen LogP contribution in [0.2, 0.25) is 0 Å². The van der Waals surface area contributed by atoms with Crippen LogP contribution in [0.3, 0.4) is 0 Å². The molecule has 0 atom stereocenters. The maximum atomic E-state index is 12.3. The van der Waals surface area contributed by atoms with Crippen LogP contribution in [0.25, 0.3) is 11.4 Å². The third kappa shape index (κ3) is 4.45. The van der Waals surface area contributed by atoms with Gasteiger partial charge in [0.1, 0.15) is 0 Å². The molecular formula is C20H19N5O3S. The van der Waals surface area contributed by atoms with Crippen LogP contribution in [-0.2, 0) is 9.53 Å². The fraction of sp³-hybridized carbons (Fsp3) is 0.250. The molecule has 1 N–H and O–H groups in total. The summed E-state index contributed by atoms with van der Waals surface area (Å²) in [4.78, 5) is 27.9.